The molecule has 0 aliphatic carbocycles. The van der Waals surface area contributed by atoms with Gasteiger partial charge in [0.1, 0.15) is 0 Å². The lowest BCUT2D eigenvalue weighted by Gasteiger charge is -2.22. The highest BCUT2D eigenvalue weighted by atomic mass is 14.3. The van der Waals surface area contributed by atoms with Crippen LogP contribution in [0.2, 0.25) is 0 Å². The maximum Gasteiger partial charge on any atom is -0.00134 e. The molecule has 0 amide bonds. The molecule has 0 unspecified atom stereocenters. The fourth-order valence-electron chi connectivity index (χ4n) is 9.22. The Morgan fingerprint density at radius 1 is 0.174 bits per heavy atom. The first-order valence-electron chi connectivity index (χ1n) is 16.2. The van der Waals surface area contributed by atoms with Gasteiger partial charge in [0.25, 0.3) is 0 Å². The Bertz CT molecular complexity index is 2850. The number of hydrogen-bond donors (Lipinski definition) is 0. The summed E-state index contributed by atoms with van der Waals surface area (Å²) >= 11 is 0. The molecular formula is C46H24. The third-order valence-corrected chi connectivity index (χ3v) is 11.0. The van der Waals surface area contributed by atoms with Crippen molar-refractivity contribution >= 4 is 118 Å². The third kappa shape index (κ3) is 2.66. The lowest BCUT2D eigenvalue weighted by molar-refractivity contribution is 1.79. The van der Waals surface area contributed by atoms with Crippen LogP contribution in [0.1, 0.15) is 0 Å². The van der Waals surface area contributed by atoms with Gasteiger partial charge >= 0.3 is 0 Å². The molecule has 0 saturated carbocycles. The van der Waals surface area contributed by atoms with E-state index in [0.717, 1.165) is 0 Å². The van der Waals surface area contributed by atoms with Crippen LogP contribution in [0.5, 0.6) is 0 Å². The molecule has 0 atom stereocenters. The van der Waals surface area contributed by atoms with Crippen LogP contribution < -0.4 is 0 Å². The Morgan fingerprint density at radius 2 is 0.391 bits per heavy atom. The smallest absolute Gasteiger partial charge is 0.00134 e. The van der Waals surface area contributed by atoms with E-state index in [1.807, 2.05) is 0 Å². The Balaban J connectivity index is 1.43. The first kappa shape index (κ1) is 23.4. The average Bonchev–Trinajstić information content (AvgIpc) is 3.12. The van der Waals surface area contributed by atoms with Crippen LogP contribution in [0.15, 0.2) is 146 Å². The van der Waals surface area contributed by atoms with Gasteiger partial charge in [-0.25, -0.2) is 0 Å². The van der Waals surface area contributed by atoms with E-state index < -0.39 is 0 Å². The van der Waals surface area contributed by atoms with Gasteiger partial charge in [0.05, 0.1) is 0 Å². The molecule has 0 radical (unpaired) electrons. The zero-order chi connectivity index (χ0) is 29.7. The summed E-state index contributed by atoms with van der Waals surface area (Å²) < 4.78 is 0. The molecule has 208 valence electrons. The molecule has 0 aliphatic rings. The van der Waals surface area contributed by atoms with Gasteiger partial charge in [-0.1, -0.05) is 121 Å². The van der Waals surface area contributed by atoms with Crippen molar-refractivity contribution in [1.29, 1.82) is 0 Å². The normalized spacial score (nSPS) is 12.8. The van der Waals surface area contributed by atoms with Gasteiger partial charge < -0.3 is 0 Å². The van der Waals surface area contributed by atoms with Gasteiger partial charge in [0.2, 0.25) is 0 Å². The van der Waals surface area contributed by atoms with Gasteiger partial charge in [0, 0.05) is 0 Å². The second kappa shape index (κ2) is 7.99. The first-order chi connectivity index (χ1) is 22.8. The maximum absolute atomic E-state index is 2.41. The third-order valence-electron chi connectivity index (χ3n) is 11.0. The van der Waals surface area contributed by atoms with E-state index in [1.54, 1.807) is 0 Å². The van der Waals surface area contributed by atoms with Crippen LogP contribution in [0.4, 0.5) is 0 Å². The van der Waals surface area contributed by atoms with E-state index in [9.17, 15) is 0 Å². The lowest BCUT2D eigenvalue weighted by Crippen LogP contribution is -1.94. The molecule has 0 spiro atoms. The molecule has 0 heteroatoms. The highest BCUT2D eigenvalue weighted by molar-refractivity contribution is 6.49. The van der Waals surface area contributed by atoms with Crippen LogP contribution in [-0.4, -0.2) is 0 Å². The van der Waals surface area contributed by atoms with Crippen molar-refractivity contribution in [1.82, 2.24) is 0 Å². The zero-order valence-electron chi connectivity index (χ0n) is 24.9. The fraction of sp³-hybridized carbons (Fsp3) is 0. The molecule has 12 aromatic carbocycles. The van der Waals surface area contributed by atoms with Crippen molar-refractivity contribution in [3.05, 3.63) is 146 Å². The summed E-state index contributed by atoms with van der Waals surface area (Å²) in [5, 5.41) is 29.5. The van der Waals surface area contributed by atoms with E-state index in [1.165, 1.54) is 118 Å². The summed E-state index contributed by atoms with van der Waals surface area (Å²) in [6.07, 6.45) is 0. The predicted octanol–water partition coefficient (Wildman–Crippen LogP) is 13.2. The van der Waals surface area contributed by atoms with Crippen molar-refractivity contribution in [2.75, 3.05) is 0 Å². The van der Waals surface area contributed by atoms with Crippen LogP contribution in [0, 0.1) is 0 Å². The van der Waals surface area contributed by atoms with Crippen LogP contribution >= 0.6 is 0 Å². The Labute approximate surface area is 263 Å². The number of benzene rings is 12. The monoisotopic (exact) mass is 576 g/mol. The van der Waals surface area contributed by atoms with E-state index in [-0.39, 0.29) is 0 Å². The molecule has 0 aliphatic heterocycles. The predicted molar refractivity (Wildman–Crippen MR) is 201 cm³/mol. The highest BCUT2D eigenvalue weighted by Crippen LogP contribution is 2.52. The minimum Gasteiger partial charge on any atom is -0.0616 e. The van der Waals surface area contributed by atoms with E-state index in [0.29, 0.717) is 0 Å². The summed E-state index contributed by atoms with van der Waals surface area (Å²) in [5.41, 5.74) is 0. The molecule has 0 fully saturated rings. The van der Waals surface area contributed by atoms with Gasteiger partial charge in [-0.2, -0.15) is 0 Å². The van der Waals surface area contributed by atoms with E-state index >= 15 is 0 Å². The molecule has 12 aromatic rings. The molecule has 0 heterocycles. The SMILES string of the molecule is c1ccc2cc3c(cc2c1)c1cccc2c1c1c3cccc1c1c3cccc4c5cc6ccccc6cc5c5cccc(c5c43)c21. The topological polar surface area (TPSA) is 0 Å². The van der Waals surface area contributed by atoms with Crippen LogP contribution in [0.25, 0.3) is 118 Å². The second-order valence-electron chi connectivity index (χ2n) is 13.2. The van der Waals surface area contributed by atoms with Crippen molar-refractivity contribution in [3.63, 3.8) is 0 Å². The van der Waals surface area contributed by atoms with Gasteiger partial charge in [-0.05, 0) is 143 Å². The number of fused-ring (bicyclic) bond motifs is 13. The second-order valence-corrected chi connectivity index (χ2v) is 13.2. The number of hydrogen-bond acceptors (Lipinski definition) is 0. The van der Waals surface area contributed by atoms with Crippen molar-refractivity contribution in [2.45, 2.75) is 0 Å². The van der Waals surface area contributed by atoms with Gasteiger partial charge in [-0.15, -0.1) is 0 Å². The van der Waals surface area contributed by atoms with Crippen molar-refractivity contribution < 1.29 is 0 Å². The molecule has 0 N–H and O–H groups in total. The molecule has 0 aromatic heterocycles. The molecule has 46 heavy (non-hydrogen) atoms. The minimum absolute atomic E-state index is 1.29. The summed E-state index contributed by atoms with van der Waals surface area (Å²) in [6.45, 7) is 0. The van der Waals surface area contributed by atoms with E-state index in [2.05, 4.69) is 146 Å². The lowest BCUT2D eigenvalue weighted by atomic mass is 9.80. The largest absolute Gasteiger partial charge is 0.0616 e. The quantitative estimate of drug-likeness (QED) is 0.124. The maximum atomic E-state index is 2.41. The summed E-state index contributed by atoms with van der Waals surface area (Å²) in [6, 6.07) is 55.2. The minimum atomic E-state index is 1.29. The first-order valence-corrected chi connectivity index (χ1v) is 16.2. The van der Waals surface area contributed by atoms with Crippen molar-refractivity contribution in [3.8, 4) is 0 Å². The van der Waals surface area contributed by atoms with Crippen LogP contribution in [0.3, 0.4) is 0 Å². The Morgan fingerprint density at radius 3 is 0.652 bits per heavy atom. The number of rotatable bonds is 0. The summed E-state index contributed by atoms with van der Waals surface area (Å²) in [7, 11) is 0. The van der Waals surface area contributed by atoms with Gasteiger partial charge in [0.15, 0.2) is 0 Å². The van der Waals surface area contributed by atoms with Crippen LogP contribution in [-0.2, 0) is 0 Å². The summed E-state index contributed by atoms with van der Waals surface area (Å²) in [5.74, 6) is 0. The van der Waals surface area contributed by atoms with Gasteiger partial charge in [-0.3, -0.25) is 0 Å². The average molecular weight is 577 g/mol. The molecule has 0 bridgehead atoms. The Hall–Kier alpha value is -5.98. The molecule has 0 nitrogen and oxygen atoms in total. The molecular weight excluding hydrogens is 553 g/mol. The Kier molecular flexibility index (Phi) is 4.07. The highest BCUT2D eigenvalue weighted by Gasteiger charge is 2.23. The van der Waals surface area contributed by atoms with Crippen molar-refractivity contribution in [2.24, 2.45) is 0 Å². The standard InChI is InChI=1S/C46H24/c1-2-10-26-22-38-30-14-6-18-34-42(30)41-29(37(38)21-25(26)9-1)13-5-17-33(41)45-35-19-7-15-31-39-23-27-11-3-4-12-28(27)24-40(39)32-16-8-20-36(46(34)45)44(32)43(31)35/h1-24H. The van der Waals surface area contributed by atoms with E-state index in [4.69, 9.17) is 0 Å². The fourth-order valence-corrected chi connectivity index (χ4v) is 9.22. The molecule has 12 rings (SSSR count). The molecule has 0 saturated heterocycles. The zero-order valence-corrected chi connectivity index (χ0v) is 24.9. The summed E-state index contributed by atoms with van der Waals surface area (Å²) in [4.78, 5) is 0.